The van der Waals surface area contributed by atoms with Crippen LogP contribution in [0.1, 0.15) is 46.9 Å². The number of hydrogen-bond donors (Lipinski definition) is 1. The zero-order chi connectivity index (χ0) is 19.5. The van der Waals surface area contributed by atoms with Gasteiger partial charge in [0.1, 0.15) is 0 Å². The summed E-state index contributed by atoms with van der Waals surface area (Å²) in [6, 6.07) is 13.1. The normalized spacial score (nSPS) is 18.6. The third-order valence-electron chi connectivity index (χ3n) is 5.34. The van der Waals surface area contributed by atoms with Gasteiger partial charge in [0.05, 0.1) is 30.4 Å². The second-order valence-electron chi connectivity index (χ2n) is 7.25. The van der Waals surface area contributed by atoms with Gasteiger partial charge in [0.2, 0.25) is 5.91 Å². The van der Waals surface area contributed by atoms with Crippen LogP contribution in [-0.2, 0) is 16.0 Å². The van der Waals surface area contributed by atoms with Crippen LogP contribution in [0.3, 0.4) is 0 Å². The Bertz CT molecular complexity index is 893. The number of carbonyl (C=O) groups is 2. The van der Waals surface area contributed by atoms with E-state index in [9.17, 15) is 9.59 Å². The minimum atomic E-state index is -0.269. The van der Waals surface area contributed by atoms with Gasteiger partial charge in [-0.15, -0.1) is 0 Å². The first-order valence-electron chi connectivity index (χ1n) is 9.70. The average molecular weight is 399 g/mol. The second-order valence-corrected chi connectivity index (χ2v) is 7.69. The predicted molar refractivity (Wildman–Crippen MR) is 109 cm³/mol. The van der Waals surface area contributed by atoms with Gasteiger partial charge in [-0.1, -0.05) is 35.9 Å². The van der Waals surface area contributed by atoms with Gasteiger partial charge < -0.3 is 15.0 Å². The van der Waals surface area contributed by atoms with Crippen molar-refractivity contribution in [1.82, 2.24) is 4.90 Å². The Morgan fingerprint density at radius 1 is 1.14 bits per heavy atom. The van der Waals surface area contributed by atoms with Gasteiger partial charge in [-0.3, -0.25) is 9.59 Å². The van der Waals surface area contributed by atoms with Crippen molar-refractivity contribution in [3.05, 3.63) is 64.2 Å². The molecule has 1 unspecified atom stereocenters. The molecule has 146 valence electrons. The van der Waals surface area contributed by atoms with Crippen molar-refractivity contribution in [1.29, 1.82) is 0 Å². The van der Waals surface area contributed by atoms with Gasteiger partial charge in [-0.05, 0) is 48.6 Å². The van der Waals surface area contributed by atoms with E-state index in [4.69, 9.17) is 16.3 Å². The Hall–Kier alpha value is -2.37. The molecule has 0 saturated carbocycles. The minimum Gasteiger partial charge on any atom is -0.373 e. The standard InChI is InChI=1S/C22H23ClN2O3/c23-16-7-8-19(18(13-16)22(27)25-10-3-4-11-25)24-21(26)14-20-17-6-2-1-5-15(17)9-12-28-20/h1-2,5-8,13,20H,3-4,9-12,14H2,(H,24,26). The molecule has 1 N–H and O–H groups in total. The monoisotopic (exact) mass is 398 g/mol. The number of amides is 2. The average Bonchev–Trinajstić information content (AvgIpc) is 3.24. The lowest BCUT2D eigenvalue weighted by atomic mass is 9.95. The highest BCUT2D eigenvalue weighted by Gasteiger charge is 2.25. The van der Waals surface area contributed by atoms with E-state index in [0.717, 1.165) is 37.9 Å². The molecule has 2 aliphatic heterocycles. The highest BCUT2D eigenvalue weighted by atomic mass is 35.5. The number of nitrogens with zero attached hydrogens (tertiary/aromatic N) is 1. The molecule has 0 aliphatic carbocycles. The smallest absolute Gasteiger partial charge is 0.256 e. The first kappa shape index (κ1) is 19.0. The summed E-state index contributed by atoms with van der Waals surface area (Å²) in [5, 5.41) is 3.37. The summed E-state index contributed by atoms with van der Waals surface area (Å²) in [7, 11) is 0. The molecular formula is C22H23ClN2O3. The summed E-state index contributed by atoms with van der Waals surface area (Å²) in [6.45, 7) is 2.09. The maximum Gasteiger partial charge on any atom is 0.256 e. The van der Waals surface area contributed by atoms with Gasteiger partial charge in [0.15, 0.2) is 0 Å². The van der Waals surface area contributed by atoms with Crippen LogP contribution in [0, 0.1) is 0 Å². The lowest BCUT2D eigenvalue weighted by Gasteiger charge is -2.26. The zero-order valence-electron chi connectivity index (χ0n) is 15.6. The molecule has 5 nitrogen and oxygen atoms in total. The fourth-order valence-corrected chi connectivity index (χ4v) is 4.08. The van der Waals surface area contributed by atoms with E-state index in [1.165, 1.54) is 5.56 Å². The number of fused-ring (bicyclic) bond motifs is 1. The lowest BCUT2D eigenvalue weighted by molar-refractivity contribution is -0.119. The van der Waals surface area contributed by atoms with E-state index >= 15 is 0 Å². The summed E-state index contributed by atoms with van der Waals surface area (Å²) in [5.74, 6) is -0.269. The summed E-state index contributed by atoms with van der Waals surface area (Å²) < 4.78 is 5.83. The molecule has 0 radical (unpaired) electrons. The summed E-state index contributed by atoms with van der Waals surface area (Å²) in [4.78, 5) is 27.4. The molecule has 4 rings (SSSR count). The van der Waals surface area contributed by atoms with E-state index < -0.39 is 0 Å². The van der Waals surface area contributed by atoms with Crippen LogP contribution in [-0.4, -0.2) is 36.4 Å². The Morgan fingerprint density at radius 3 is 2.75 bits per heavy atom. The molecule has 0 spiro atoms. The molecule has 0 bridgehead atoms. The van der Waals surface area contributed by atoms with Gasteiger partial charge in [-0.2, -0.15) is 0 Å². The van der Waals surface area contributed by atoms with Crippen molar-refractivity contribution in [2.45, 2.75) is 31.8 Å². The molecular weight excluding hydrogens is 376 g/mol. The van der Waals surface area contributed by atoms with Crippen LogP contribution in [0.4, 0.5) is 5.69 Å². The Kier molecular flexibility index (Phi) is 5.64. The third-order valence-corrected chi connectivity index (χ3v) is 5.58. The highest BCUT2D eigenvalue weighted by molar-refractivity contribution is 6.31. The van der Waals surface area contributed by atoms with Gasteiger partial charge in [0, 0.05) is 18.1 Å². The number of halogens is 1. The molecule has 2 aromatic carbocycles. The van der Waals surface area contributed by atoms with E-state index in [-0.39, 0.29) is 24.3 Å². The minimum absolute atomic E-state index is 0.0884. The second kappa shape index (κ2) is 8.33. The van der Waals surface area contributed by atoms with Crippen molar-refractivity contribution in [3.63, 3.8) is 0 Å². The van der Waals surface area contributed by atoms with Crippen molar-refractivity contribution in [2.75, 3.05) is 25.0 Å². The predicted octanol–water partition coefficient (Wildman–Crippen LogP) is 4.22. The number of likely N-dealkylation sites (tertiary alicyclic amines) is 1. The van der Waals surface area contributed by atoms with Crippen LogP contribution in [0.5, 0.6) is 0 Å². The number of nitrogens with one attached hydrogen (secondary N) is 1. The Morgan fingerprint density at radius 2 is 1.93 bits per heavy atom. The van der Waals surface area contributed by atoms with Crippen LogP contribution >= 0.6 is 11.6 Å². The van der Waals surface area contributed by atoms with Gasteiger partial charge >= 0.3 is 0 Å². The van der Waals surface area contributed by atoms with E-state index in [0.29, 0.717) is 22.9 Å². The molecule has 2 heterocycles. The zero-order valence-corrected chi connectivity index (χ0v) is 16.4. The molecule has 1 atom stereocenters. The van der Waals surface area contributed by atoms with Crippen LogP contribution < -0.4 is 5.32 Å². The molecule has 2 aliphatic rings. The number of ether oxygens (including phenoxy) is 1. The molecule has 6 heteroatoms. The molecule has 2 amide bonds. The van der Waals surface area contributed by atoms with Crippen LogP contribution in [0.2, 0.25) is 5.02 Å². The number of benzene rings is 2. The van der Waals surface area contributed by atoms with Crippen molar-refractivity contribution < 1.29 is 14.3 Å². The van der Waals surface area contributed by atoms with Crippen molar-refractivity contribution in [3.8, 4) is 0 Å². The summed E-state index contributed by atoms with van der Waals surface area (Å²) >= 11 is 6.11. The van der Waals surface area contributed by atoms with E-state index in [1.54, 1.807) is 18.2 Å². The first-order chi connectivity index (χ1) is 13.6. The maximum atomic E-state index is 12.8. The number of anilines is 1. The first-order valence-corrected chi connectivity index (χ1v) is 10.1. The Labute approximate surface area is 169 Å². The van der Waals surface area contributed by atoms with Gasteiger partial charge in [-0.25, -0.2) is 0 Å². The molecule has 0 aromatic heterocycles. The van der Waals surface area contributed by atoms with Gasteiger partial charge in [0.25, 0.3) is 5.91 Å². The SMILES string of the molecule is O=C(CC1OCCc2ccccc21)Nc1ccc(Cl)cc1C(=O)N1CCCC1. The number of hydrogen-bond acceptors (Lipinski definition) is 3. The fourth-order valence-electron chi connectivity index (χ4n) is 3.91. The Balaban J connectivity index is 1.50. The lowest BCUT2D eigenvalue weighted by Crippen LogP contribution is -2.29. The maximum absolute atomic E-state index is 12.8. The van der Waals surface area contributed by atoms with Crippen molar-refractivity contribution >= 4 is 29.1 Å². The van der Waals surface area contributed by atoms with E-state index in [2.05, 4.69) is 11.4 Å². The fraction of sp³-hybridized carbons (Fsp3) is 0.364. The summed E-state index contributed by atoms with van der Waals surface area (Å²) in [6.07, 6.45) is 2.81. The molecule has 1 saturated heterocycles. The topological polar surface area (TPSA) is 58.6 Å². The highest BCUT2D eigenvalue weighted by Crippen LogP contribution is 2.30. The molecule has 1 fully saturated rings. The molecule has 28 heavy (non-hydrogen) atoms. The quantitative estimate of drug-likeness (QED) is 0.838. The van der Waals surface area contributed by atoms with Crippen LogP contribution in [0.15, 0.2) is 42.5 Å². The number of rotatable bonds is 4. The summed E-state index contributed by atoms with van der Waals surface area (Å²) in [5.41, 5.74) is 3.22. The van der Waals surface area contributed by atoms with Crippen LogP contribution in [0.25, 0.3) is 0 Å². The third kappa shape index (κ3) is 4.05. The van der Waals surface area contributed by atoms with E-state index in [1.807, 2.05) is 23.1 Å². The van der Waals surface area contributed by atoms with Crippen molar-refractivity contribution in [2.24, 2.45) is 0 Å². The number of carbonyl (C=O) groups excluding carboxylic acids is 2. The molecule has 2 aromatic rings. The largest absolute Gasteiger partial charge is 0.373 e.